The summed E-state index contributed by atoms with van der Waals surface area (Å²) < 4.78 is 10.8. The minimum Gasteiger partial charge on any atom is -0.491 e. The molecule has 20 heavy (non-hydrogen) atoms. The molecule has 0 saturated carbocycles. The van der Waals surface area contributed by atoms with Gasteiger partial charge in [0, 0.05) is 19.2 Å². The van der Waals surface area contributed by atoms with Crippen molar-refractivity contribution in [2.75, 3.05) is 20.3 Å². The van der Waals surface area contributed by atoms with Crippen molar-refractivity contribution in [3.8, 4) is 16.9 Å². The first kappa shape index (κ1) is 14.6. The molecule has 2 aromatic rings. The van der Waals surface area contributed by atoms with E-state index in [-0.39, 0.29) is 0 Å². The molecule has 0 saturated heterocycles. The Bertz CT molecular complexity index is 567. The van der Waals surface area contributed by atoms with Crippen LogP contribution in [0.5, 0.6) is 5.75 Å². The number of aryl methyl sites for hydroxylation is 1. The summed E-state index contributed by atoms with van der Waals surface area (Å²) in [6.45, 7) is 3.79. The van der Waals surface area contributed by atoms with Gasteiger partial charge >= 0.3 is 0 Å². The van der Waals surface area contributed by atoms with E-state index in [1.807, 2.05) is 18.2 Å². The lowest BCUT2D eigenvalue weighted by molar-refractivity contribution is 0.146. The van der Waals surface area contributed by atoms with Gasteiger partial charge in [0.1, 0.15) is 12.4 Å². The van der Waals surface area contributed by atoms with Crippen LogP contribution in [0.15, 0.2) is 42.5 Å². The predicted octanol–water partition coefficient (Wildman–Crippen LogP) is 3.15. The minimum atomic E-state index is 0.549. The third-order valence-electron chi connectivity index (χ3n) is 3.25. The van der Waals surface area contributed by atoms with Crippen molar-refractivity contribution in [1.82, 2.24) is 0 Å². The Kier molecular flexibility index (Phi) is 5.16. The van der Waals surface area contributed by atoms with Crippen molar-refractivity contribution in [2.45, 2.75) is 13.5 Å². The summed E-state index contributed by atoms with van der Waals surface area (Å²) in [6.07, 6.45) is 0. The summed E-state index contributed by atoms with van der Waals surface area (Å²) in [7, 11) is 1.67. The van der Waals surface area contributed by atoms with E-state index < -0.39 is 0 Å². The maximum atomic E-state index is 5.79. The Morgan fingerprint density at radius 1 is 1.00 bits per heavy atom. The summed E-state index contributed by atoms with van der Waals surface area (Å²) >= 11 is 0. The fraction of sp³-hybridized carbons (Fsp3) is 0.294. The molecule has 0 aliphatic carbocycles. The summed E-state index contributed by atoms with van der Waals surface area (Å²) in [5.41, 5.74) is 10.3. The van der Waals surface area contributed by atoms with E-state index in [1.165, 1.54) is 11.1 Å². The second kappa shape index (κ2) is 7.08. The molecule has 2 N–H and O–H groups in total. The van der Waals surface area contributed by atoms with Crippen molar-refractivity contribution in [3.05, 3.63) is 53.6 Å². The second-order valence-corrected chi connectivity index (χ2v) is 4.69. The van der Waals surface area contributed by atoms with Crippen molar-refractivity contribution in [2.24, 2.45) is 5.73 Å². The molecule has 0 aliphatic rings. The van der Waals surface area contributed by atoms with Gasteiger partial charge in [-0.15, -0.1) is 0 Å². The van der Waals surface area contributed by atoms with E-state index in [0.29, 0.717) is 19.8 Å². The van der Waals surface area contributed by atoms with E-state index in [1.54, 1.807) is 7.11 Å². The Balaban J connectivity index is 2.32. The molecule has 2 rings (SSSR count). The molecule has 0 radical (unpaired) electrons. The molecule has 106 valence electrons. The average molecular weight is 271 g/mol. The molecule has 0 heterocycles. The fourth-order valence-corrected chi connectivity index (χ4v) is 2.20. The van der Waals surface area contributed by atoms with Crippen LogP contribution in [-0.4, -0.2) is 20.3 Å². The summed E-state index contributed by atoms with van der Waals surface area (Å²) in [4.78, 5) is 0. The molecule has 0 atom stereocenters. The van der Waals surface area contributed by atoms with E-state index >= 15 is 0 Å². The van der Waals surface area contributed by atoms with Crippen LogP contribution in [0.25, 0.3) is 11.1 Å². The van der Waals surface area contributed by atoms with Crippen molar-refractivity contribution in [1.29, 1.82) is 0 Å². The highest BCUT2D eigenvalue weighted by Crippen LogP contribution is 2.32. The van der Waals surface area contributed by atoms with Gasteiger partial charge in [-0.05, 0) is 29.7 Å². The predicted molar refractivity (Wildman–Crippen MR) is 81.9 cm³/mol. The molecular weight excluding hydrogens is 250 g/mol. The molecule has 3 nitrogen and oxygen atoms in total. The molecule has 0 amide bonds. The maximum Gasteiger partial charge on any atom is 0.127 e. The first-order valence-electron chi connectivity index (χ1n) is 6.77. The number of hydrogen-bond donors (Lipinski definition) is 1. The average Bonchev–Trinajstić information content (AvgIpc) is 2.48. The molecule has 0 spiro atoms. The van der Waals surface area contributed by atoms with E-state index in [0.717, 1.165) is 16.9 Å². The van der Waals surface area contributed by atoms with Crippen LogP contribution < -0.4 is 10.5 Å². The molecule has 0 aliphatic heterocycles. The van der Waals surface area contributed by atoms with Crippen LogP contribution >= 0.6 is 0 Å². The van der Waals surface area contributed by atoms with Crippen LogP contribution in [0.4, 0.5) is 0 Å². The minimum absolute atomic E-state index is 0.549. The molecule has 0 aromatic heterocycles. The van der Waals surface area contributed by atoms with Gasteiger partial charge in [0.05, 0.1) is 6.61 Å². The maximum absolute atomic E-state index is 5.79. The number of methoxy groups -OCH3 is 1. The van der Waals surface area contributed by atoms with Crippen molar-refractivity contribution >= 4 is 0 Å². The van der Waals surface area contributed by atoms with Crippen LogP contribution in [0.2, 0.25) is 0 Å². The van der Waals surface area contributed by atoms with Gasteiger partial charge in [-0.25, -0.2) is 0 Å². The number of hydrogen-bond acceptors (Lipinski definition) is 3. The van der Waals surface area contributed by atoms with Gasteiger partial charge in [0.2, 0.25) is 0 Å². The second-order valence-electron chi connectivity index (χ2n) is 4.69. The monoisotopic (exact) mass is 271 g/mol. The highest BCUT2D eigenvalue weighted by atomic mass is 16.5. The summed E-state index contributed by atoms with van der Waals surface area (Å²) in [5, 5.41) is 0. The molecule has 2 aromatic carbocycles. The topological polar surface area (TPSA) is 44.5 Å². The smallest absolute Gasteiger partial charge is 0.127 e. The zero-order valence-corrected chi connectivity index (χ0v) is 12.1. The van der Waals surface area contributed by atoms with Crippen molar-refractivity contribution in [3.63, 3.8) is 0 Å². The van der Waals surface area contributed by atoms with Gasteiger partial charge in [0.25, 0.3) is 0 Å². The molecule has 0 unspecified atom stereocenters. The Morgan fingerprint density at radius 3 is 2.50 bits per heavy atom. The highest BCUT2D eigenvalue weighted by Gasteiger charge is 2.08. The standard InChI is InChI=1S/C17H21NO2/c1-13-11-14(12-18)7-8-15(13)16-5-3-4-6-17(16)20-10-9-19-2/h3-8,11H,9-10,12,18H2,1-2H3. The largest absolute Gasteiger partial charge is 0.491 e. The lowest BCUT2D eigenvalue weighted by atomic mass is 9.98. The lowest BCUT2D eigenvalue weighted by Gasteiger charge is -2.14. The van der Waals surface area contributed by atoms with Crippen LogP contribution in [0.3, 0.4) is 0 Å². The van der Waals surface area contributed by atoms with E-state index in [4.69, 9.17) is 15.2 Å². The molecule has 0 bridgehead atoms. The van der Waals surface area contributed by atoms with Gasteiger partial charge in [-0.2, -0.15) is 0 Å². The quantitative estimate of drug-likeness (QED) is 0.821. The van der Waals surface area contributed by atoms with Crippen LogP contribution in [-0.2, 0) is 11.3 Å². The number of rotatable bonds is 6. The van der Waals surface area contributed by atoms with Gasteiger partial charge in [0.15, 0.2) is 0 Å². The van der Waals surface area contributed by atoms with Gasteiger partial charge < -0.3 is 15.2 Å². The molecule has 0 fully saturated rings. The third kappa shape index (κ3) is 3.38. The van der Waals surface area contributed by atoms with Gasteiger partial charge in [-0.1, -0.05) is 36.4 Å². The first-order valence-corrected chi connectivity index (χ1v) is 6.77. The van der Waals surface area contributed by atoms with E-state index in [9.17, 15) is 0 Å². The molecule has 3 heteroatoms. The number of nitrogens with two attached hydrogens (primary N) is 1. The Morgan fingerprint density at radius 2 is 1.80 bits per heavy atom. The van der Waals surface area contributed by atoms with E-state index in [2.05, 4.69) is 31.2 Å². The molecular formula is C17H21NO2. The third-order valence-corrected chi connectivity index (χ3v) is 3.25. The zero-order chi connectivity index (χ0) is 14.4. The number of ether oxygens (including phenoxy) is 2. The Hall–Kier alpha value is -1.84. The van der Waals surface area contributed by atoms with Crippen molar-refractivity contribution < 1.29 is 9.47 Å². The highest BCUT2D eigenvalue weighted by molar-refractivity contribution is 5.73. The van der Waals surface area contributed by atoms with Crippen LogP contribution in [0.1, 0.15) is 11.1 Å². The zero-order valence-electron chi connectivity index (χ0n) is 12.1. The summed E-state index contributed by atoms with van der Waals surface area (Å²) in [5.74, 6) is 0.883. The number of para-hydroxylation sites is 1. The van der Waals surface area contributed by atoms with Gasteiger partial charge in [-0.3, -0.25) is 0 Å². The summed E-state index contributed by atoms with van der Waals surface area (Å²) in [6, 6.07) is 14.4. The Labute approximate surface area is 120 Å². The fourth-order valence-electron chi connectivity index (χ4n) is 2.20. The lowest BCUT2D eigenvalue weighted by Crippen LogP contribution is -2.05. The number of benzene rings is 2. The SMILES string of the molecule is COCCOc1ccccc1-c1ccc(CN)cc1C. The van der Waals surface area contributed by atoms with Crippen LogP contribution in [0, 0.1) is 6.92 Å². The first-order chi connectivity index (χ1) is 9.76. The normalized spacial score (nSPS) is 10.6.